The molecule has 0 aliphatic carbocycles. The second kappa shape index (κ2) is 6.87. The number of nitrogens with zero attached hydrogens (tertiary/aromatic N) is 2. The summed E-state index contributed by atoms with van der Waals surface area (Å²) in [7, 11) is 0. The highest BCUT2D eigenvalue weighted by atomic mass is 16.6. The van der Waals surface area contributed by atoms with E-state index in [1.807, 2.05) is 30.3 Å². The molecule has 1 aromatic heterocycles. The first-order valence-electron chi connectivity index (χ1n) is 7.50. The minimum Gasteiger partial charge on any atom is -0.383 e. The standard InChI is InChI=1S/C18H15N3O3/c22-17(13-6-8-15(9-7-13)21(23)24)10-12-19-16-5-1-3-14-4-2-11-20-18(14)16/h1-9,11,19H,10,12H2. The number of aromatic nitrogens is 1. The number of hydrogen-bond acceptors (Lipinski definition) is 5. The first kappa shape index (κ1) is 15.6. The molecule has 3 rings (SSSR count). The Bertz CT molecular complexity index is 886. The van der Waals surface area contributed by atoms with Crippen LogP contribution >= 0.6 is 0 Å². The van der Waals surface area contributed by atoms with Crippen LogP contribution in [0.1, 0.15) is 16.8 Å². The van der Waals surface area contributed by atoms with Gasteiger partial charge in [-0.15, -0.1) is 0 Å². The summed E-state index contributed by atoms with van der Waals surface area (Å²) >= 11 is 0. The fraction of sp³-hybridized carbons (Fsp3) is 0.111. The van der Waals surface area contributed by atoms with Crippen molar-refractivity contribution < 1.29 is 9.72 Å². The number of Topliss-reactive ketones (excluding diaryl/α,β-unsaturated/α-hetero) is 1. The lowest BCUT2D eigenvalue weighted by Gasteiger charge is -2.08. The number of anilines is 1. The molecule has 24 heavy (non-hydrogen) atoms. The van der Waals surface area contributed by atoms with E-state index < -0.39 is 4.92 Å². The maximum atomic E-state index is 12.2. The van der Waals surface area contributed by atoms with Crippen molar-refractivity contribution in [3.8, 4) is 0 Å². The van der Waals surface area contributed by atoms with Crippen molar-refractivity contribution in [2.24, 2.45) is 0 Å². The topological polar surface area (TPSA) is 85.1 Å². The summed E-state index contributed by atoms with van der Waals surface area (Å²) in [6, 6.07) is 15.4. The van der Waals surface area contributed by atoms with Gasteiger partial charge in [-0.2, -0.15) is 0 Å². The van der Waals surface area contributed by atoms with Crippen LogP contribution in [-0.4, -0.2) is 22.2 Å². The molecule has 0 fully saturated rings. The number of nitro benzene ring substituents is 1. The molecule has 2 aromatic carbocycles. The molecule has 0 amide bonds. The lowest BCUT2D eigenvalue weighted by Crippen LogP contribution is -2.09. The maximum absolute atomic E-state index is 12.2. The Kier molecular flexibility index (Phi) is 4.47. The maximum Gasteiger partial charge on any atom is 0.269 e. The molecule has 1 heterocycles. The first-order chi connectivity index (χ1) is 11.6. The molecular formula is C18H15N3O3. The van der Waals surface area contributed by atoms with Gasteiger partial charge >= 0.3 is 0 Å². The number of nitrogens with one attached hydrogen (secondary N) is 1. The van der Waals surface area contributed by atoms with E-state index in [9.17, 15) is 14.9 Å². The third kappa shape index (κ3) is 3.38. The number of pyridine rings is 1. The quantitative estimate of drug-likeness (QED) is 0.424. The molecule has 3 aromatic rings. The minimum atomic E-state index is -0.483. The summed E-state index contributed by atoms with van der Waals surface area (Å²) < 4.78 is 0. The number of non-ortho nitro benzene ring substituents is 1. The summed E-state index contributed by atoms with van der Waals surface area (Å²) in [4.78, 5) is 26.6. The molecule has 0 spiro atoms. The minimum absolute atomic E-state index is 0.0218. The predicted octanol–water partition coefficient (Wildman–Crippen LogP) is 3.83. The van der Waals surface area contributed by atoms with Gasteiger partial charge in [0.15, 0.2) is 5.78 Å². The van der Waals surface area contributed by atoms with Crippen LogP contribution in [0.2, 0.25) is 0 Å². The van der Waals surface area contributed by atoms with Crippen LogP contribution in [0.4, 0.5) is 11.4 Å². The fourth-order valence-corrected chi connectivity index (χ4v) is 2.47. The van der Waals surface area contributed by atoms with Crippen molar-refractivity contribution in [1.82, 2.24) is 4.98 Å². The lowest BCUT2D eigenvalue weighted by molar-refractivity contribution is -0.384. The van der Waals surface area contributed by atoms with Gasteiger partial charge in [-0.05, 0) is 24.3 Å². The van der Waals surface area contributed by atoms with Gasteiger partial charge in [0.25, 0.3) is 5.69 Å². The number of benzene rings is 2. The number of fused-ring (bicyclic) bond motifs is 1. The lowest BCUT2D eigenvalue weighted by atomic mass is 10.1. The second-order valence-corrected chi connectivity index (χ2v) is 5.28. The average Bonchev–Trinajstić information content (AvgIpc) is 2.62. The molecule has 0 aliphatic heterocycles. The fourth-order valence-electron chi connectivity index (χ4n) is 2.47. The second-order valence-electron chi connectivity index (χ2n) is 5.28. The molecule has 1 N–H and O–H groups in total. The van der Waals surface area contributed by atoms with Gasteiger partial charge in [-0.1, -0.05) is 18.2 Å². The van der Waals surface area contributed by atoms with E-state index in [0.717, 1.165) is 16.6 Å². The molecule has 0 saturated carbocycles. The number of para-hydroxylation sites is 1. The van der Waals surface area contributed by atoms with Gasteiger partial charge in [0.05, 0.1) is 16.1 Å². The predicted molar refractivity (Wildman–Crippen MR) is 92.3 cm³/mol. The Labute approximate surface area is 138 Å². The molecule has 0 unspecified atom stereocenters. The summed E-state index contributed by atoms with van der Waals surface area (Å²) in [5.74, 6) is -0.0643. The Hall–Kier alpha value is -3.28. The van der Waals surface area contributed by atoms with Crippen LogP contribution in [0.3, 0.4) is 0 Å². The van der Waals surface area contributed by atoms with Gasteiger partial charge in [0.2, 0.25) is 0 Å². The number of rotatable bonds is 6. The zero-order chi connectivity index (χ0) is 16.9. The molecule has 6 heteroatoms. The highest BCUT2D eigenvalue weighted by molar-refractivity contribution is 5.96. The Balaban J connectivity index is 1.63. The van der Waals surface area contributed by atoms with Gasteiger partial charge in [-0.3, -0.25) is 19.9 Å². The van der Waals surface area contributed by atoms with Gasteiger partial charge in [0.1, 0.15) is 0 Å². The van der Waals surface area contributed by atoms with Gasteiger partial charge in [-0.25, -0.2) is 0 Å². The van der Waals surface area contributed by atoms with Crippen LogP contribution in [0.5, 0.6) is 0 Å². The summed E-state index contributed by atoms with van der Waals surface area (Å²) in [5, 5.41) is 14.9. The third-order valence-electron chi connectivity index (χ3n) is 3.70. The number of carbonyl (C=O) groups excluding carboxylic acids is 1. The van der Waals surface area contributed by atoms with Crippen molar-refractivity contribution >= 4 is 28.1 Å². The zero-order valence-corrected chi connectivity index (χ0v) is 12.8. The van der Waals surface area contributed by atoms with Crippen molar-refractivity contribution in [3.05, 3.63) is 76.5 Å². The van der Waals surface area contributed by atoms with Gasteiger partial charge in [0, 0.05) is 42.2 Å². The van der Waals surface area contributed by atoms with Crippen molar-refractivity contribution in [2.75, 3.05) is 11.9 Å². The summed E-state index contributed by atoms with van der Waals surface area (Å²) in [5.41, 5.74) is 2.19. The Morgan fingerprint density at radius 1 is 1.08 bits per heavy atom. The number of carbonyl (C=O) groups is 1. The normalized spacial score (nSPS) is 10.5. The molecule has 0 saturated heterocycles. The van der Waals surface area contributed by atoms with Crippen molar-refractivity contribution in [2.45, 2.75) is 6.42 Å². The van der Waals surface area contributed by atoms with Crippen LogP contribution in [-0.2, 0) is 0 Å². The average molecular weight is 321 g/mol. The molecule has 0 radical (unpaired) electrons. The molecule has 0 atom stereocenters. The molecule has 6 nitrogen and oxygen atoms in total. The summed E-state index contributed by atoms with van der Waals surface area (Å²) in [6.07, 6.45) is 2.02. The largest absolute Gasteiger partial charge is 0.383 e. The zero-order valence-electron chi connectivity index (χ0n) is 12.8. The molecular weight excluding hydrogens is 306 g/mol. The van der Waals surface area contributed by atoms with Crippen LogP contribution in [0, 0.1) is 10.1 Å². The van der Waals surface area contributed by atoms with Crippen LogP contribution in [0.15, 0.2) is 60.8 Å². The number of nitro groups is 1. The monoisotopic (exact) mass is 321 g/mol. The smallest absolute Gasteiger partial charge is 0.269 e. The molecule has 0 aliphatic rings. The molecule has 120 valence electrons. The van der Waals surface area contributed by atoms with Crippen LogP contribution < -0.4 is 5.32 Å². The Morgan fingerprint density at radius 3 is 2.58 bits per heavy atom. The third-order valence-corrected chi connectivity index (χ3v) is 3.70. The van der Waals surface area contributed by atoms with E-state index in [1.54, 1.807) is 6.20 Å². The highest BCUT2D eigenvalue weighted by Gasteiger charge is 2.09. The van der Waals surface area contributed by atoms with E-state index in [2.05, 4.69) is 10.3 Å². The van der Waals surface area contributed by atoms with Crippen molar-refractivity contribution in [1.29, 1.82) is 0 Å². The van der Waals surface area contributed by atoms with Gasteiger partial charge < -0.3 is 5.32 Å². The van der Waals surface area contributed by atoms with E-state index in [1.165, 1.54) is 24.3 Å². The van der Waals surface area contributed by atoms with E-state index in [4.69, 9.17) is 0 Å². The highest BCUT2D eigenvalue weighted by Crippen LogP contribution is 2.20. The van der Waals surface area contributed by atoms with E-state index in [0.29, 0.717) is 18.5 Å². The van der Waals surface area contributed by atoms with E-state index in [-0.39, 0.29) is 11.5 Å². The van der Waals surface area contributed by atoms with Crippen molar-refractivity contribution in [3.63, 3.8) is 0 Å². The SMILES string of the molecule is O=C(CCNc1cccc2cccnc12)c1ccc([N+](=O)[O-])cc1. The Morgan fingerprint density at radius 2 is 1.83 bits per heavy atom. The van der Waals surface area contributed by atoms with E-state index >= 15 is 0 Å². The number of ketones is 1. The number of hydrogen-bond donors (Lipinski definition) is 1. The first-order valence-corrected chi connectivity index (χ1v) is 7.50. The summed E-state index contributed by atoms with van der Waals surface area (Å²) in [6.45, 7) is 0.464. The molecule has 0 bridgehead atoms. The van der Waals surface area contributed by atoms with Crippen LogP contribution in [0.25, 0.3) is 10.9 Å².